The Morgan fingerprint density at radius 2 is 2.07 bits per heavy atom. The molecule has 2 N–H and O–H groups in total. The lowest BCUT2D eigenvalue weighted by Gasteiger charge is -2.36. The third-order valence-corrected chi connectivity index (χ3v) is 5.81. The topological polar surface area (TPSA) is 77.2 Å². The molecule has 2 fully saturated rings. The maximum Gasteiger partial charge on any atom is 0.163 e. The van der Waals surface area contributed by atoms with E-state index < -0.39 is 0 Å². The van der Waals surface area contributed by atoms with Gasteiger partial charge in [-0.1, -0.05) is 0 Å². The van der Waals surface area contributed by atoms with Crippen LogP contribution in [0.15, 0.2) is 30.7 Å². The van der Waals surface area contributed by atoms with Gasteiger partial charge in [-0.25, -0.2) is 4.98 Å². The molecule has 3 aromatic rings. The summed E-state index contributed by atoms with van der Waals surface area (Å²) in [7, 11) is 0. The SMILES string of the molecule is O=C(CN1CCN(c2ccnc3[nH]c4cnccc4c23)CC1)[C@H]1CCCN1. The van der Waals surface area contributed by atoms with Crippen LogP contribution in [0.1, 0.15) is 12.8 Å². The summed E-state index contributed by atoms with van der Waals surface area (Å²) in [6, 6.07) is 4.21. The van der Waals surface area contributed by atoms with Crippen molar-refractivity contribution in [3.63, 3.8) is 0 Å². The maximum atomic E-state index is 12.4. The van der Waals surface area contributed by atoms with Crippen molar-refractivity contribution in [1.82, 2.24) is 25.2 Å². The summed E-state index contributed by atoms with van der Waals surface area (Å²) in [6.45, 7) is 5.20. The molecule has 0 aliphatic carbocycles. The minimum atomic E-state index is 0.0719. The molecular weight excluding hydrogens is 340 g/mol. The highest BCUT2D eigenvalue weighted by atomic mass is 16.1. The third kappa shape index (κ3) is 3.07. The van der Waals surface area contributed by atoms with E-state index in [2.05, 4.69) is 36.1 Å². The van der Waals surface area contributed by atoms with Crippen LogP contribution in [0.2, 0.25) is 0 Å². The standard InChI is InChI=1S/C20H24N6O/c27-18(15-2-1-5-22-15)13-25-8-10-26(11-9-25)17-4-7-23-20-19(17)14-3-6-21-12-16(14)24-20/h3-4,6-7,12,15,22H,1-2,5,8-11,13H2,(H,23,24)/t15-/m1/s1. The molecule has 0 amide bonds. The molecule has 0 aromatic carbocycles. The molecule has 0 spiro atoms. The number of aromatic nitrogens is 3. The number of carbonyl (C=O) groups is 1. The molecule has 140 valence electrons. The Bertz CT molecular complexity index is 969. The van der Waals surface area contributed by atoms with Crippen LogP contribution in [0.4, 0.5) is 5.69 Å². The monoisotopic (exact) mass is 364 g/mol. The molecule has 0 bridgehead atoms. The van der Waals surface area contributed by atoms with Crippen molar-refractivity contribution >= 4 is 33.4 Å². The lowest BCUT2D eigenvalue weighted by molar-refractivity contribution is -0.121. The van der Waals surface area contributed by atoms with E-state index in [0.717, 1.165) is 67.5 Å². The zero-order valence-electron chi connectivity index (χ0n) is 15.3. The molecule has 7 nitrogen and oxygen atoms in total. The summed E-state index contributed by atoms with van der Waals surface area (Å²) in [6.07, 6.45) is 7.64. The van der Waals surface area contributed by atoms with E-state index in [4.69, 9.17) is 0 Å². The molecule has 0 unspecified atom stereocenters. The molecule has 2 aliphatic rings. The van der Waals surface area contributed by atoms with Gasteiger partial charge in [0.05, 0.1) is 35.4 Å². The summed E-state index contributed by atoms with van der Waals surface area (Å²) in [4.78, 5) is 29.2. The highest BCUT2D eigenvalue weighted by Gasteiger charge is 2.26. The second kappa shape index (κ2) is 6.90. The molecule has 2 saturated heterocycles. The number of anilines is 1. The van der Waals surface area contributed by atoms with Crippen molar-refractivity contribution in [2.24, 2.45) is 0 Å². The normalized spacial score (nSPS) is 21.3. The summed E-state index contributed by atoms with van der Waals surface area (Å²) < 4.78 is 0. The van der Waals surface area contributed by atoms with Crippen LogP contribution in [-0.4, -0.2) is 70.9 Å². The van der Waals surface area contributed by atoms with Crippen LogP contribution in [0.3, 0.4) is 0 Å². The molecule has 0 radical (unpaired) electrons. The van der Waals surface area contributed by atoms with Crippen molar-refractivity contribution < 1.29 is 4.79 Å². The molecule has 27 heavy (non-hydrogen) atoms. The van der Waals surface area contributed by atoms with Gasteiger partial charge in [-0.3, -0.25) is 14.7 Å². The lowest BCUT2D eigenvalue weighted by atomic mass is 10.1. The third-order valence-electron chi connectivity index (χ3n) is 5.81. The molecular formula is C20H24N6O. The number of fused-ring (bicyclic) bond motifs is 3. The average molecular weight is 364 g/mol. The van der Waals surface area contributed by atoms with Crippen molar-refractivity contribution in [2.45, 2.75) is 18.9 Å². The van der Waals surface area contributed by atoms with E-state index in [1.807, 2.05) is 24.7 Å². The first-order valence-corrected chi connectivity index (χ1v) is 9.73. The fraction of sp³-hybridized carbons (Fsp3) is 0.450. The van der Waals surface area contributed by atoms with Crippen molar-refractivity contribution in [3.05, 3.63) is 30.7 Å². The number of aromatic amines is 1. The first-order chi connectivity index (χ1) is 13.3. The minimum Gasteiger partial charge on any atom is -0.368 e. The Morgan fingerprint density at radius 1 is 1.19 bits per heavy atom. The average Bonchev–Trinajstić information content (AvgIpc) is 3.36. The van der Waals surface area contributed by atoms with Crippen molar-refractivity contribution in [3.8, 4) is 0 Å². The van der Waals surface area contributed by atoms with Crippen LogP contribution < -0.4 is 10.2 Å². The van der Waals surface area contributed by atoms with Gasteiger partial charge in [0, 0.05) is 44.0 Å². The summed E-state index contributed by atoms with van der Waals surface area (Å²) in [5, 5.41) is 5.63. The van der Waals surface area contributed by atoms with Crippen LogP contribution >= 0.6 is 0 Å². The Balaban J connectivity index is 1.33. The van der Waals surface area contributed by atoms with E-state index in [1.165, 1.54) is 5.69 Å². The summed E-state index contributed by atoms with van der Waals surface area (Å²) in [5.41, 5.74) is 3.13. The number of nitrogens with zero attached hydrogens (tertiary/aromatic N) is 4. The quantitative estimate of drug-likeness (QED) is 0.732. The largest absolute Gasteiger partial charge is 0.368 e. The van der Waals surface area contributed by atoms with Gasteiger partial charge < -0.3 is 15.2 Å². The zero-order valence-corrected chi connectivity index (χ0v) is 15.3. The van der Waals surface area contributed by atoms with Crippen molar-refractivity contribution in [1.29, 1.82) is 0 Å². The predicted molar refractivity (Wildman–Crippen MR) is 106 cm³/mol. The molecule has 5 heterocycles. The van der Waals surface area contributed by atoms with Gasteiger partial charge in [-0.15, -0.1) is 0 Å². The molecule has 5 rings (SSSR count). The van der Waals surface area contributed by atoms with Gasteiger partial charge in [0.2, 0.25) is 0 Å². The number of carbonyl (C=O) groups excluding carboxylic acids is 1. The fourth-order valence-electron chi connectivity index (χ4n) is 4.35. The Labute approximate surface area is 157 Å². The minimum absolute atomic E-state index is 0.0719. The number of ketones is 1. The Morgan fingerprint density at radius 3 is 2.89 bits per heavy atom. The van der Waals surface area contributed by atoms with Crippen LogP contribution in [-0.2, 0) is 4.79 Å². The smallest absolute Gasteiger partial charge is 0.163 e. The number of hydrogen-bond donors (Lipinski definition) is 2. The predicted octanol–water partition coefficient (Wildman–Crippen LogP) is 1.55. The number of rotatable bonds is 4. The lowest BCUT2D eigenvalue weighted by Crippen LogP contribution is -2.50. The van der Waals surface area contributed by atoms with Crippen LogP contribution in [0.5, 0.6) is 0 Å². The first kappa shape index (κ1) is 16.6. The molecule has 2 aliphatic heterocycles. The van der Waals surface area contributed by atoms with Gasteiger partial charge in [-0.2, -0.15) is 0 Å². The van der Waals surface area contributed by atoms with E-state index in [1.54, 1.807) is 0 Å². The Hall–Kier alpha value is -2.51. The second-order valence-electron chi connectivity index (χ2n) is 7.48. The van der Waals surface area contributed by atoms with E-state index in [-0.39, 0.29) is 6.04 Å². The zero-order chi connectivity index (χ0) is 18.2. The number of Topliss-reactive ketones (excluding diaryl/α,β-unsaturated/α-hetero) is 1. The summed E-state index contributed by atoms with van der Waals surface area (Å²) in [5.74, 6) is 0.344. The van der Waals surface area contributed by atoms with Crippen LogP contribution in [0.25, 0.3) is 21.9 Å². The molecule has 0 saturated carbocycles. The highest BCUT2D eigenvalue weighted by Crippen LogP contribution is 2.32. The van der Waals surface area contributed by atoms with Gasteiger partial charge in [0.1, 0.15) is 5.65 Å². The first-order valence-electron chi connectivity index (χ1n) is 9.73. The fourth-order valence-corrected chi connectivity index (χ4v) is 4.35. The number of H-pyrrole nitrogens is 1. The molecule has 7 heteroatoms. The van der Waals surface area contributed by atoms with Crippen LogP contribution in [0, 0.1) is 0 Å². The number of pyridine rings is 2. The number of hydrogen-bond acceptors (Lipinski definition) is 6. The number of nitrogens with one attached hydrogen (secondary N) is 2. The summed E-state index contributed by atoms with van der Waals surface area (Å²) >= 11 is 0. The number of piperazine rings is 1. The van der Waals surface area contributed by atoms with E-state index in [0.29, 0.717) is 12.3 Å². The van der Waals surface area contributed by atoms with Gasteiger partial charge in [0.25, 0.3) is 0 Å². The van der Waals surface area contributed by atoms with Crippen molar-refractivity contribution in [2.75, 3.05) is 44.2 Å². The van der Waals surface area contributed by atoms with E-state index in [9.17, 15) is 4.79 Å². The van der Waals surface area contributed by atoms with Gasteiger partial charge >= 0.3 is 0 Å². The molecule has 3 aromatic heterocycles. The maximum absolute atomic E-state index is 12.4. The van der Waals surface area contributed by atoms with E-state index >= 15 is 0 Å². The van der Waals surface area contributed by atoms with Gasteiger partial charge in [-0.05, 0) is 31.5 Å². The van der Waals surface area contributed by atoms with Gasteiger partial charge in [0.15, 0.2) is 5.78 Å². The molecule has 1 atom stereocenters. The highest BCUT2D eigenvalue weighted by molar-refractivity contribution is 6.11. The Kier molecular flexibility index (Phi) is 4.26. The second-order valence-corrected chi connectivity index (χ2v) is 7.48.